The number of halogens is 1. The summed E-state index contributed by atoms with van der Waals surface area (Å²) in [5, 5.41) is 3.40. The van der Waals surface area contributed by atoms with Crippen LogP contribution in [0.25, 0.3) is 0 Å². The molecule has 0 aliphatic heterocycles. The van der Waals surface area contributed by atoms with Gasteiger partial charge in [0.15, 0.2) is 0 Å². The third-order valence-electron chi connectivity index (χ3n) is 6.54. The monoisotopic (exact) mass is 513 g/mol. The average Bonchev–Trinajstić information content (AvgIpc) is 2.93. The van der Waals surface area contributed by atoms with E-state index in [0.717, 1.165) is 12.1 Å². The molecule has 4 aromatic carbocycles. The van der Waals surface area contributed by atoms with Crippen LogP contribution in [0.4, 0.5) is 27.1 Å². The molecule has 202 valence electrons. The van der Waals surface area contributed by atoms with Crippen molar-refractivity contribution in [2.45, 2.75) is 66.8 Å². The van der Waals surface area contributed by atoms with Crippen molar-refractivity contribution in [3.63, 3.8) is 0 Å². The summed E-state index contributed by atoms with van der Waals surface area (Å²) >= 11 is 0. The molecular weight excluding hydrogens is 467 g/mol. The summed E-state index contributed by atoms with van der Waals surface area (Å²) in [7, 11) is -1.00. The third kappa shape index (κ3) is 9.06. The van der Waals surface area contributed by atoms with Crippen LogP contribution in [0.5, 0.6) is 0 Å². The number of alkyl halides is 1. The number of nitrogens with one attached hydrogen (secondary N) is 1. The van der Waals surface area contributed by atoms with Gasteiger partial charge >= 0.3 is 0 Å². The van der Waals surface area contributed by atoms with Crippen molar-refractivity contribution >= 4 is 22.7 Å². The Morgan fingerprint density at radius 3 is 1.84 bits per heavy atom. The first-order valence-electron chi connectivity index (χ1n) is 14.2. The highest BCUT2D eigenvalue weighted by atomic mass is 19.1. The van der Waals surface area contributed by atoms with Crippen LogP contribution in [0.1, 0.15) is 56.7 Å². The van der Waals surface area contributed by atoms with Gasteiger partial charge in [0, 0.05) is 28.8 Å². The molecule has 4 rings (SSSR count). The second-order valence-corrected chi connectivity index (χ2v) is 9.66. The fraction of sp³-hybridized carbons (Fsp3) is 0.314. The lowest BCUT2D eigenvalue weighted by Gasteiger charge is -2.34. The molecule has 1 unspecified atom stereocenters. The molecule has 1 atom stereocenters. The molecule has 0 aliphatic carbocycles. The van der Waals surface area contributed by atoms with E-state index in [-0.39, 0.29) is 0 Å². The number of para-hydroxylation sites is 2. The van der Waals surface area contributed by atoms with E-state index in [0.29, 0.717) is 6.04 Å². The van der Waals surface area contributed by atoms with Gasteiger partial charge < -0.3 is 10.2 Å². The average molecular weight is 514 g/mol. The van der Waals surface area contributed by atoms with E-state index in [4.69, 9.17) is 1.37 Å². The number of hydrogen-bond donors (Lipinski definition) is 1. The van der Waals surface area contributed by atoms with Crippen molar-refractivity contribution in [2.75, 3.05) is 17.4 Å². The Balaban J connectivity index is 0.000000259. The van der Waals surface area contributed by atoms with Gasteiger partial charge in [-0.1, -0.05) is 92.1 Å². The molecule has 0 spiro atoms. The first kappa shape index (κ1) is 29.0. The van der Waals surface area contributed by atoms with Crippen LogP contribution in [-0.4, -0.2) is 13.2 Å². The molecular formula is C35H45FN2. The highest BCUT2D eigenvalue weighted by molar-refractivity contribution is 5.67. The summed E-state index contributed by atoms with van der Waals surface area (Å²) < 4.78 is 15.5. The van der Waals surface area contributed by atoms with Gasteiger partial charge in [-0.25, -0.2) is 0 Å². The third-order valence-corrected chi connectivity index (χ3v) is 6.54. The van der Waals surface area contributed by atoms with Crippen LogP contribution in [0, 0.1) is 27.7 Å². The zero-order valence-corrected chi connectivity index (χ0v) is 24.0. The molecule has 3 heteroatoms. The van der Waals surface area contributed by atoms with Gasteiger partial charge in [0.05, 0.1) is 8.52 Å². The maximum atomic E-state index is 9.96. The summed E-state index contributed by atoms with van der Waals surface area (Å²) in [6, 6.07) is 34.8. The van der Waals surface area contributed by atoms with E-state index in [1.165, 1.54) is 52.2 Å². The smallest absolute Gasteiger partial charge is 0.0785 e. The molecule has 38 heavy (non-hydrogen) atoms. The molecule has 0 heterocycles. The van der Waals surface area contributed by atoms with Crippen molar-refractivity contribution in [2.24, 2.45) is 0 Å². The maximum Gasteiger partial charge on any atom is 0.0785 e. The van der Waals surface area contributed by atoms with Gasteiger partial charge in [0.25, 0.3) is 0 Å². The Kier molecular flexibility index (Phi) is 12.4. The summed E-state index contributed by atoms with van der Waals surface area (Å²) in [6.45, 7) is 13.2. The number of aryl methyl sites for hydroxylation is 4. The molecule has 2 nitrogen and oxygen atoms in total. The van der Waals surface area contributed by atoms with Crippen LogP contribution in [0.15, 0.2) is 97.1 Å². The Labute approximate surface area is 232 Å². The highest BCUT2D eigenvalue weighted by Gasteiger charge is 2.20. The van der Waals surface area contributed by atoms with Gasteiger partial charge in [-0.2, -0.15) is 0 Å². The molecule has 0 bridgehead atoms. The van der Waals surface area contributed by atoms with Crippen LogP contribution >= 0.6 is 0 Å². The standard InChI is InChI=1S/C20H27N.C14H15N.CH3F/c1-5-10-18(6-2)21(19-11-8-7-9-12-19)20-14-13-16(3)15-17(20)4;1-11-8-9-14(12(2)10-11)15-13-6-4-3-5-7-13;1-2/h7-9,11-15,18H,5-6,10H2,1-4H3;3-10,15H,1-2H3;1H3/i;;1D. The number of hydrogen-bond acceptors (Lipinski definition) is 2. The minimum Gasteiger partial charge on any atom is -0.355 e. The van der Waals surface area contributed by atoms with Gasteiger partial charge in [-0.05, 0) is 88.1 Å². The summed E-state index contributed by atoms with van der Waals surface area (Å²) in [6.07, 6.45) is 3.60. The van der Waals surface area contributed by atoms with Crippen LogP contribution in [0.2, 0.25) is 0 Å². The van der Waals surface area contributed by atoms with Crippen molar-refractivity contribution in [3.8, 4) is 0 Å². The van der Waals surface area contributed by atoms with Crippen molar-refractivity contribution < 1.29 is 5.76 Å². The largest absolute Gasteiger partial charge is 0.355 e. The van der Waals surface area contributed by atoms with Gasteiger partial charge in [-0.15, -0.1) is 0 Å². The summed E-state index contributed by atoms with van der Waals surface area (Å²) in [5.74, 6) is 0. The van der Waals surface area contributed by atoms with Crippen LogP contribution in [0.3, 0.4) is 0 Å². The molecule has 0 saturated heterocycles. The van der Waals surface area contributed by atoms with E-state index in [1.807, 2.05) is 18.2 Å². The topological polar surface area (TPSA) is 15.3 Å². The van der Waals surface area contributed by atoms with Crippen molar-refractivity contribution in [1.82, 2.24) is 0 Å². The van der Waals surface area contributed by atoms with E-state index < -0.39 is 7.15 Å². The predicted octanol–water partition coefficient (Wildman–Crippen LogP) is 10.7. The zero-order valence-electron chi connectivity index (χ0n) is 25.0. The molecule has 0 fully saturated rings. The number of anilines is 4. The molecule has 1 N–H and O–H groups in total. The maximum absolute atomic E-state index is 9.96. The van der Waals surface area contributed by atoms with Gasteiger partial charge in [0.2, 0.25) is 0 Å². The van der Waals surface area contributed by atoms with Crippen molar-refractivity contribution in [3.05, 3.63) is 119 Å². The van der Waals surface area contributed by atoms with Gasteiger partial charge in [0.1, 0.15) is 0 Å². The Hall–Kier alpha value is -3.59. The summed E-state index contributed by atoms with van der Waals surface area (Å²) in [4.78, 5) is 2.53. The fourth-order valence-electron chi connectivity index (χ4n) is 4.69. The van der Waals surface area contributed by atoms with E-state index in [1.54, 1.807) is 0 Å². The number of rotatable bonds is 8. The minimum atomic E-state index is -1.00. The lowest BCUT2D eigenvalue weighted by molar-refractivity contribution is 0.572. The molecule has 0 radical (unpaired) electrons. The number of nitrogens with zero attached hydrogens (tertiary/aromatic N) is 1. The molecule has 0 amide bonds. The number of benzene rings is 4. The lowest BCUT2D eigenvalue weighted by Crippen LogP contribution is -2.31. The molecule has 0 aromatic heterocycles. The van der Waals surface area contributed by atoms with Crippen molar-refractivity contribution in [1.29, 1.82) is 0 Å². The first-order chi connectivity index (χ1) is 18.8. The highest BCUT2D eigenvalue weighted by Crippen LogP contribution is 2.33. The Bertz CT molecular complexity index is 1230. The van der Waals surface area contributed by atoms with Gasteiger partial charge in [-0.3, -0.25) is 4.39 Å². The lowest BCUT2D eigenvalue weighted by atomic mass is 10.0. The van der Waals surface area contributed by atoms with Crippen LogP contribution < -0.4 is 10.2 Å². The Morgan fingerprint density at radius 2 is 1.32 bits per heavy atom. The molecule has 0 aliphatic rings. The van der Waals surface area contributed by atoms with Crippen LogP contribution in [-0.2, 0) is 0 Å². The second kappa shape index (κ2) is 16.3. The Morgan fingerprint density at radius 1 is 0.763 bits per heavy atom. The normalized spacial score (nSPS) is 11.2. The van der Waals surface area contributed by atoms with E-state index >= 15 is 0 Å². The summed E-state index contributed by atoms with van der Waals surface area (Å²) in [5.41, 5.74) is 10.2. The zero-order chi connectivity index (χ0) is 28.6. The SMILES string of the molecule is CCCC(CC)N(c1ccccc1)c1ccc(C)cc1C.Cc1ccc(Nc2ccccc2)c(C)c1.[2H]CF. The fourth-order valence-corrected chi connectivity index (χ4v) is 4.69. The second-order valence-electron chi connectivity index (χ2n) is 9.66. The predicted molar refractivity (Wildman–Crippen MR) is 166 cm³/mol. The van der Waals surface area contributed by atoms with E-state index in [2.05, 4.69) is 131 Å². The quantitative estimate of drug-likeness (QED) is 0.252. The van der Waals surface area contributed by atoms with E-state index in [9.17, 15) is 4.39 Å². The molecule has 0 saturated carbocycles. The minimum absolute atomic E-state index is 0.554. The first-order valence-corrected chi connectivity index (χ1v) is 13.5. The molecule has 4 aromatic rings.